The molecule has 0 bridgehead atoms. The summed E-state index contributed by atoms with van der Waals surface area (Å²) in [5, 5.41) is 9.50. The first-order valence-corrected chi connectivity index (χ1v) is 7.29. The summed E-state index contributed by atoms with van der Waals surface area (Å²) >= 11 is 0. The van der Waals surface area contributed by atoms with Crippen LogP contribution in [0.1, 0.15) is 35.2 Å². The lowest BCUT2D eigenvalue weighted by atomic mass is 9.81. The van der Waals surface area contributed by atoms with Crippen LogP contribution in [0.25, 0.3) is 0 Å². The minimum Gasteiger partial charge on any atom is -0.481 e. The second-order valence-electron chi connectivity index (χ2n) is 6.16. The Kier molecular flexibility index (Phi) is 3.57. The molecule has 0 aromatic carbocycles. The Balaban J connectivity index is 1.91. The molecule has 5 nitrogen and oxygen atoms in total. The number of likely N-dealkylation sites (tertiary alicyclic amines) is 1. The van der Waals surface area contributed by atoms with Gasteiger partial charge in [-0.25, -0.2) is 0 Å². The molecule has 0 radical (unpaired) electrons. The number of rotatable bonds is 2. The molecular weight excluding hydrogens is 313 g/mol. The van der Waals surface area contributed by atoms with E-state index < -0.39 is 34.6 Å². The van der Waals surface area contributed by atoms with Crippen molar-refractivity contribution in [3.05, 3.63) is 29.6 Å². The number of pyridine rings is 1. The fourth-order valence-corrected chi connectivity index (χ4v) is 3.77. The minimum atomic E-state index is -4.68. The monoisotopic (exact) mass is 328 g/mol. The lowest BCUT2D eigenvalue weighted by molar-refractivity contribution is -0.149. The predicted octanol–water partition coefficient (Wildman–Crippen LogP) is 2.43. The maximum Gasteiger partial charge on any atom is 0.418 e. The molecule has 2 fully saturated rings. The molecule has 2 heterocycles. The van der Waals surface area contributed by atoms with Gasteiger partial charge in [-0.2, -0.15) is 13.2 Å². The molecule has 1 saturated carbocycles. The number of carboxylic acid groups (broad SMARTS) is 1. The number of fused-ring (bicyclic) bond motifs is 1. The molecule has 1 aromatic rings. The van der Waals surface area contributed by atoms with Crippen LogP contribution in [-0.4, -0.2) is 40.0 Å². The summed E-state index contributed by atoms with van der Waals surface area (Å²) in [6.45, 7) is 0.149. The molecule has 1 aliphatic carbocycles. The van der Waals surface area contributed by atoms with E-state index in [-0.39, 0.29) is 19.0 Å². The Morgan fingerprint density at radius 1 is 1.39 bits per heavy atom. The quantitative estimate of drug-likeness (QED) is 0.905. The lowest BCUT2D eigenvalue weighted by Crippen LogP contribution is -2.37. The van der Waals surface area contributed by atoms with E-state index in [0.717, 1.165) is 18.7 Å². The molecule has 0 spiro atoms. The lowest BCUT2D eigenvalue weighted by Gasteiger charge is -2.23. The van der Waals surface area contributed by atoms with Crippen LogP contribution in [0.15, 0.2) is 18.5 Å². The first kappa shape index (κ1) is 15.8. The van der Waals surface area contributed by atoms with Crippen LogP contribution in [0.3, 0.4) is 0 Å². The third kappa shape index (κ3) is 2.46. The van der Waals surface area contributed by atoms with Crippen molar-refractivity contribution in [3.63, 3.8) is 0 Å². The molecule has 1 N–H and O–H groups in total. The van der Waals surface area contributed by atoms with Gasteiger partial charge < -0.3 is 10.0 Å². The van der Waals surface area contributed by atoms with Gasteiger partial charge >= 0.3 is 12.1 Å². The van der Waals surface area contributed by atoms with Gasteiger partial charge in [-0.05, 0) is 24.8 Å². The summed E-state index contributed by atoms with van der Waals surface area (Å²) in [7, 11) is 0. The van der Waals surface area contributed by atoms with Crippen LogP contribution in [0.5, 0.6) is 0 Å². The molecule has 1 saturated heterocycles. The van der Waals surface area contributed by atoms with Gasteiger partial charge in [-0.15, -0.1) is 0 Å². The van der Waals surface area contributed by atoms with Crippen LogP contribution >= 0.6 is 0 Å². The van der Waals surface area contributed by atoms with Crippen molar-refractivity contribution in [1.82, 2.24) is 9.88 Å². The molecule has 23 heavy (non-hydrogen) atoms. The number of carbonyl (C=O) groups is 2. The summed E-state index contributed by atoms with van der Waals surface area (Å²) in [5.41, 5.74) is -2.58. The fourth-order valence-electron chi connectivity index (χ4n) is 3.77. The number of alkyl halides is 3. The second-order valence-corrected chi connectivity index (χ2v) is 6.16. The normalized spacial score (nSPS) is 27.1. The van der Waals surface area contributed by atoms with Gasteiger partial charge in [0.05, 0.1) is 16.5 Å². The highest BCUT2D eigenvalue weighted by atomic mass is 19.4. The van der Waals surface area contributed by atoms with Crippen LogP contribution in [0.4, 0.5) is 13.2 Å². The number of carboxylic acids is 1. The van der Waals surface area contributed by atoms with Gasteiger partial charge in [0.25, 0.3) is 5.91 Å². The number of halogens is 3. The summed E-state index contributed by atoms with van der Waals surface area (Å²) < 4.78 is 39.1. The van der Waals surface area contributed by atoms with E-state index in [1.807, 2.05) is 0 Å². The van der Waals surface area contributed by atoms with Crippen LogP contribution in [0.2, 0.25) is 0 Å². The molecule has 1 amide bonds. The average Bonchev–Trinajstić information content (AvgIpc) is 3.03. The van der Waals surface area contributed by atoms with Gasteiger partial charge in [0, 0.05) is 25.5 Å². The van der Waals surface area contributed by atoms with E-state index in [2.05, 4.69) is 4.98 Å². The summed E-state index contributed by atoms with van der Waals surface area (Å²) in [5.74, 6) is -1.95. The number of aromatic nitrogens is 1. The van der Waals surface area contributed by atoms with E-state index in [1.165, 1.54) is 4.90 Å². The third-order valence-corrected chi connectivity index (χ3v) is 4.94. The smallest absolute Gasteiger partial charge is 0.418 e. The molecule has 124 valence electrons. The zero-order chi connectivity index (χ0) is 16.8. The van der Waals surface area contributed by atoms with Crippen molar-refractivity contribution in [2.24, 2.45) is 11.3 Å². The molecule has 1 aliphatic heterocycles. The van der Waals surface area contributed by atoms with E-state index in [9.17, 15) is 27.9 Å². The van der Waals surface area contributed by atoms with Gasteiger partial charge in [-0.1, -0.05) is 6.42 Å². The maximum atomic E-state index is 13.0. The number of hydrogen-bond donors (Lipinski definition) is 1. The SMILES string of the molecule is O=C(c1ccncc1C(F)(F)F)N1C[C@@H]2CCC[C@@]2(C(=O)O)C1. The summed E-state index contributed by atoms with van der Waals surface area (Å²) in [4.78, 5) is 28.8. The van der Waals surface area contributed by atoms with Crippen molar-refractivity contribution in [2.75, 3.05) is 13.1 Å². The Hall–Kier alpha value is -2.12. The molecule has 3 rings (SSSR count). The maximum absolute atomic E-state index is 13.0. The minimum absolute atomic E-state index is 0.0363. The Morgan fingerprint density at radius 3 is 2.74 bits per heavy atom. The third-order valence-electron chi connectivity index (χ3n) is 4.94. The van der Waals surface area contributed by atoms with E-state index in [4.69, 9.17) is 0 Å². The van der Waals surface area contributed by atoms with Crippen LogP contribution < -0.4 is 0 Å². The molecule has 2 atom stereocenters. The van der Waals surface area contributed by atoms with Crippen molar-refractivity contribution in [1.29, 1.82) is 0 Å². The highest BCUT2D eigenvalue weighted by molar-refractivity contribution is 5.96. The number of carbonyl (C=O) groups excluding carboxylic acids is 1. The highest BCUT2D eigenvalue weighted by Crippen LogP contribution is 2.49. The van der Waals surface area contributed by atoms with Gasteiger partial charge in [0.15, 0.2) is 0 Å². The van der Waals surface area contributed by atoms with Crippen LogP contribution in [0, 0.1) is 11.3 Å². The molecule has 1 aromatic heterocycles. The Morgan fingerprint density at radius 2 is 2.13 bits per heavy atom. The summed E-state index contributed by atoms with van der Waals surface area (Å²) in [6.07, 6.45) is -1.03. The molecular formula is C15H15F3N2O3. The average molecular weight is 328 g/mol. The Bertz CT molecular complexity index is 662. The second kappa shape index (κ2) is 5.21. The van der Waals surface area contributed by atoms with E-state index in [0.29, 0.717) is 19.0 Å². The van der Waals surface area contributed by atoms with Gasteiger partial charge in [0.1, 0.15) is 0 Å². The molecule has 2 aliphatic rings. The highest BCUT2D eigenvalue weighted by Gasteiger charge is 2.56. The van der Waals surface area contributed by atoms with Crippen molar-refractivity contribution in [3.8, 4) is 0 Å². The van der Waals surface area contributed by atoms with Crippen LogP contribution in [-0.2, 0) is 11.0 Å². The number of hydrogen-bond acceptors (Lipinski definition) is 3. The van der Waals surface area contributed by atoms with Gasteiger partial charge in [0.2, 0.25) is 0 Å². The number of amides is 1. The van der Waals surface area contributed by atoms with Crippen molar-refractivity contribution in [2.45, 2.75) is 25.4 Å². The van der Waals surface area contributed by atoms with Gasteiger partial charge in [-0.3, -0.25) is 14.6 Å². The Labute approximate surface area is 130 Å². The van der Waals surface area contributed by atoms with E-state index >= 15 is 0 Å². The van der Waals surface area contributed by atoms with Crippen molar-refractivity contribution >= 4 is 11.9 Å². The van der Waals surface area contributed by atoms with E-state index in [1.54, 1.807) is 0 Å². The predicted molar refractivity (Wildman–Crippen MR) is 72.6 cm³/mol. The topological polar surface area (TPSA) is 70.5 Å². The summed E-state index contributed by atoms with van der Waals surface area (Å²) in [6, 6.07) is 1.03. The number of nitrogens with zero attached hydrogens (tertiary/aromatic N) is 2. The largest absolute Gasteiger partial charge is 0.481 e. The standard InChI is InChI=1S/C15H15F3N2O3/c16-15(17,18)11-6-19-5-3-10(11)12(21)20-7-9-2-1-4-14(9,8-20)13(22)23/h3,5-6,9H,1-2,4,7-8H2,(H,22,23)/t9-,14+/m0/s1. The number of aliphatic carboxylic acids is 1. The zero-order valence-corrected chi connectivity index (χ0v) is 12.1. The molecule has 0 unspecified atom stereocenters. The molecule has 8 heteroatoms. The zero-order valence-electron chi connectivity index (χ0n) is 12.1. The van der Waals surface area contributed by atoms with Crippen molar-refractivity contribution < 1.29 is 27.9 Å². The first-order chi connectivity index (χ1) is 10.8. The first-order valence-electron chi connectivity index (χ1n) is 7.29. The fraction of sp³-hybridized carbons (Fsp3) is 0.533.